The van der Waals surface area contributed by atoms with Gasteiger partial charge in [0, 0.05) is 21.7 Å². The number of ether oxygens (including phenoxy) is 1. The van der Waals surface area contributed by atoms with Crippen LogP contribution in [0, 0.1) is 0 Å². The molecule has 0 fully saturated rings. The molecule has 1 aliphatic rings. The van der Waals surface area contributed by atoms with Gasteiger partial charge in [-0.3, -0.25) is 0 Å². The molecule has 0 saturated carbocycles. The zero-order chi connectivity index (χ0) is 26.2. The molecule has 0 unspecified atom stereocenters. The van der Waals surface area contributed by atoms with Crippen molar-refractivity contribution in [3.05, 3.63) is 133 Å². The molecule has 0 saturated heterocycles. The van der Waals surface area contributed by atoms with Crippen LogP contribution < -0.4 is 4.74 Å². The summed E-state index contributed by atoms with van der Waals surface area (Å²) in [7, 11) is 0. The smallest absolute Gasteiger partial charge is 0.136 e. The highest BCUT2D eigenvalue weighted by atomic mass is 16.5. The Morgan fingerprint density at radius 1 is 0.375 bits per heavy atom. The fourth-order valence-electron chi connectivity index (χ4n) is 6.35. The maximum absolute atomic E-state index is 6.32. The summed E-state index contributed by atoms with van der Waals surface area (Å²) >= 11 is 0. The summed E-state index contributed by atoms with van der Waals surface area (Å²) in [6, 6.07) is 47.3. The number of para-hydroxylation sites is 1. The highest BCUT2D eigenvalue weighted by Crippen LogP contribution is 2.48. The van der Waals surface area contributed by atoms with E-state index >= 15 is 0 Å². The van der Waals surface area contributed by atoms with Crippen LogP contribution in [-0.4, -0.2) is 0 Å². The first-order chi connectivity index (χ1) is 19.8. The number of hydrogen-bond donors (Lipinski definition) is 0. The molecule has 7 aromatic carbocycles. The van der Waals surface area contributed by atoms with Crippen LogP contribution in [0.4, 0.5) is 0 Å². The minimum absolute atomic E-state index is 0.906. The van der Waals surface area contributed by atoms with Crippen LogP contribution in [0.5, 0.6) is 11.5 Å². The van der Waals surface area contributed by atoms with E-state index in [4.69, 9.17) is 9.15 Å². The van der Waals surface area contributed by atoms with Crippen LogP contribution >= 0.6 is 0 Å². The molecule has 8 aromatic rings. The molecule has 1 aromatic heterocycles. The number of fused-ring (bicyclic) bond motifs is 6. The molecule has 0 aliphatic carbocycles. The number of benzene rings is 7. The standard InChI is InChI=1S/C38H22O2/c1-2-8-26-22-36-32(20-25(26)7-1)38-29(11-6-14-35(38)40-36)24-17-15-23(16-18-24)28-19-27-9-5-13-34-37(27)31(21-28)30-10-3-4-12-33(30)39-34/h1-22H. The fourth-order valence-corrected chi connectivity index (χ4v) is 6.35. The number of furan rings is 1. The molecule has 0 amide bonds. The summed E-state index contributed by atoms with van der Waals surface area (Å²) < 4.78 is 12.6. The van der Waals surface area contributed by atoms with E-state index in [9.17, 15) is 0 Å². The van der Waals surface area contributed by atoms with Crippen molar-refractivity contribution in [3.8, 4) is 44.9 Å². The molecule has 0 N–H and O–H groups in total. The van der Waals surface area contributed by atoms with E-state index in [2.05, 4.69) is 121 Å². The van der Waals surface area contributed by atoms with E-state index in [1.165, 1.54) is 49.4 Å². The van der Waals surface area contributed by atoms with Crippen LogP contribution in [-0.2, 0) is 0 Å². The second-order valence-electron chi connectivity index (χ2n) is 10.5. The van der Waals surface area contributed by atoms with Gasteiger partial charge in [-0.25, -0.2) is 0 Å². The van der Waals surface area contributed by atoms with Crippen LogP contribution in [0.1, 0.15) is 0 Å². The van der Waals surface area contributed by atoms with Crippen molar-refractivity contribution >= 4 is 43.5 Å². The lowest BCUT2D eigenvalue weighted by molar-refractivity contribution is 0.487. The lowest BCUT2D eigenvalue weighted by Gasteiger charge is -2.22. The maximum Gasteiger partial charge on any atom is 0.136 e. The third-order valence-corrected chi connectivity index (χ3v) is 8.23. The molecule has 9 rings (SSSR count). The van der Waals surface area contributed by atoms with Gasteiger partial charge in [-0.2, -0.15) is 0 Å². The highest BCUT2D eigenvalue weighted by molar-refractivity contribution is 6.15. The van der Waals surface area contributed by atoms with Crippen molar-refractivity contribution in [1.29, 1.82) is 0 Å². The predicted octanol–water partition coefficient (Wildman–Crippen LogP) is 11.0. The molecule has 40 heavy (non-hydrogen) atoms. The Morgan fingerprint density at radius 3 is 1.98 bits per heavy atom. The molecule has 0 radical (unpaired) electrons. The second kappa shape index (κ2) is 8.08. The predicted molar refractivity (Wildman–Crippen MR) is 165 cm³/mol. The summed E-state index contributed by atoms with van der Waals surface area (Å²) in [4.78, 5) is 0. The van der Waals surface area contributed by atoms with Crippen molar-refractivity contribution < 1.29 is 9.15 Å². The third kappa shape index (κ3) is 3.11. The van der Waals surface area contributed by atoms with E-state index in [1.54, 1.807) is 0 Å². The number of hydrogen-bond acceptors (Lipinski definition) is 2. The Hall–Kier alpha value is -5.34. The molecule has 2 nitrogen and oxygen atoms in total. The minimum atomic E-state index is 0.906. The molecule has 1 aliphatic heterocycles. The van der Waals surface area contributed by atoms with E-state index in [0.717, 1.165) is 39.0 Å². The summed E-state index contributed by atoms with van der Waals surface area (Å²) in [6.45, 7) is 0. The highest BCUT2D eigenvalue weighted by Gasteiger charge is 2.21. The molecular formula is C38H22O2. The van der Waals surface area contributed by atoms with Gasteiger partial charge in [0.05, 0.1) is 0 Å². The monoisotopic (exact) mass is 510 g/mol. The summed E-state index contributed by atoms with van der Waals surface area (Å²) in [5.41, 5.74) is 8.93. The summed E-state index contributed by atoms with van der Waals surface area (Å²) in [6.07, 6.45) is 0. The van der Waals surface area contributed by atoms with Gasteiger partial charge < -0.3 is 9.15 Å². The van der Waals surface area contributed by atoms with Crippen molar-refractivity contribution in [3.63, 3.8) is 0 Å². The largest absolute Gasteiger partial charge is 0.456 e. The van der Waals surface area contributed by atoms with Crippen LogP contribution in [0.25, 0.3) is 76.9 Å². The topological polar surface area (TPSA) is 22.4 Å². The lowest BCUT2D eigenvalue weighted by atomic mass is 9.90. The first-order valence-corrected chi connectivity index (χ1v) is 13.6. The molecule has 2 heteroatoms. The van der Waals surface area contributed by atoms with Crippen LogP contribution in [0.3, 0.4) is 0 Å². The fraction of sp³-hybridized carbons (Fsp3) is 0. The van der Waals surface area contributed by atoms with E-state index in [0.29, 0.717) is 0 Å². The zero-order valence-electron chi connectivity index (χ0n) is 21.5. The first-order valence-electron chi connectivity index (χ1n) is 13.6. The van der Waals surface area contributed by atoms with Gasteiger partial charge in [0.25, 0.3) is 0 Å². The quantitative estimate of drug-likeness (QED) is 0.231. The van der Waals surface area contributed by atoms with Gasteiger partial charge in [0.1, 0.15) is 22.7 Å². The van der Waals surface area contributed by atoms with Gasteiger partial charge in [-0.05, 0) is 86.4 Å². The van der Waals surface area contributed by atoms with Crippen LogP contribution in [0.15, 0.2) is 138 Å². The van der Waals surface area contributed by atoms with E-state index < -0.39 is 0 Å². The van der Waals surface area contributed by atoms with Crippen molar-refractivity contribution in [2.45, 2.75) is 0 Å². The molecule has 186 valence electrons. The average Bonchev–Trinajstić information content (AvgIpc) is 3.37. The van der Waals surface area contributed by atoms with Crippen molar-refractivity contribution in [2.75, 3.05) is 0 Å². The van der Waals surface area contributed by atoms with Crippen molar-refractivity contribution in [2.24, 2.45) is 0 Å². The van der Waals surface area contributed by atoms with Crippen LogP contribution in [0.2, 0.25) is 0 Å². The summed E-state index contributed by atoms with van der Waals surface area (Å²) in [5, 5.41) is 7.08. The third-order valence-electron chi connectivity index (χ3n) is 8.23. The van der Waals surface area contributed by atoms with E-state index in [-0.39, 0.29) is 0 Å². The molecule has 2 heterocycles. The Morgan fingerprint density at radius 2 is 1.07 bits per heavy atom. The number of rotatable bonds is 2. The zero-order valence-corrected chi connectivity index (χ0v) is 21.5. The molecule has 0 spiro atoms. The van der Waals surface area contributed by atoms with Gasteiger partial charge in [0.15, 0.2) is 0 Å². The van der Waals surface area contributed by atoms with Gasteiger partial charge >= 0.3 is 0 Å². The Balaban J connectivity index is 1.19. The Labute approximate surface area is 230 Å². The second-order valence-corrected chi connectivity index (χ2v) is 10.5. The molecular weight excluding hydrogens is 488 g/mol. The molecule has 0 atom stereocenters. The van der Waals surface area contributed by atoms with Gasteiger partial charge in [-0.1, -0.05) is 91.0 Å². The first kappa shape index (κ1) is 21.6. The minimum Gasteiger partial charge on any atom is -0.456 e. The SMILES string of the molecule is c1ccc2c(c1)Oc1cccc3cc(-c4ccc(-c5cccc6oc7cc8ccccc8cc7c56)cc4)cc-2c13. The maximum atomic E-state index is 6.32. The molecule has 0 bridgehead atoms. The van der Waals surface area contributed by atoms with Gasteiger partial charge in [-0.15, -0.1) is 0 Å². The lowest BCUT2D eigenvalue weighted by Crippen LogP contribution is -1.97. The van der Waals surface area contributed by atoms with E-state index in [1.807, 2.05) is 12.1 Å². The normalized spacial score (nSPS) is 12.2. The van der Waals surface area contributed by atoms with Crippen molar-refractivity contribution in [1.82, 2.24) is 0 Å². The Bertz CT molecular complexity index is 2290. The average molecular weight is 511 g/mol. The Kier molecular flexibility index (Phi) is 4.36. The summed E-state index contributed by atoms with van der Waals surface area (Å²) in [5.74, 6) is 1.82. The van der Waals surface area contributed by atoms with Gasteiger partial charge in [0.2, 0.25) is 0 Å².